The minimum absolute atomic E-state index is 0.0898. The number of hydrogen-bond acceptors (Lipinski definition) is 6. The lowest BCUT2D eigenvalue weighted by Gasteiger charge is -2.10. The van der Waals surface area contributed by atoms with Crippen LogP contribution in [-0.2, 0) is 4.79 Å². The van der Waals surface area contributed by atoms with Crippen molar-refractivity contribution in [2.75, 3.05) is 11.1 Å². The zero-order valence-corrected chi connectivity index (χ0v) is 16.4. The number of aromatic nitrogens is 5. The standard InChI is InChI=1S/C20H15ClFN7O/c1-11(30)25-15-5-2-12(3-6-15)13-8-16(19(23)24-10-13)20-26-27-28-29(20)18-9-14(21)4-7-17(18)22/h2-10H,1H3,(H2,23,24)(H,25,30). The number of amides is 1. The number of rotatable bonds is 4. The van der Waals surface area contributed by atoms with E-state index in [1.165, 1.54) is 29.8 Å². The van der Waals surface area contributed by atoms with Gasteiger partial charge in [-0.15, -0.1) is 5.10 Å². The maximum absolute atomic E-state index is 14.3. The van der Waals surface area contributed by atoms with Crippen LogP contribution in [0.25, 0.3) is 28.2 Å². The van der Waals surface area contributed by atoms with Crippen LogP contribution >= 0.6 is 11.6 Å². The number of benzene rings is 2. The van der Waals surface area contributed by atoms with E-state index in [9.17, 15) is 9.18 Å². The Morgan fingerprint density at radius 2 is 1.90 bits per heavy atom. The predicted octanol–water partition coefficient (Wildman–Crippen LogP) is 3.72. The van der Waals surface area contributed by atoms with Crippen LogP contribution in [0.4, 0.5) is 15.9 Å². The summed E-state index contributed by atoms with van der Waals surface area (Å²) in [7, 11) is 0. The molecule has 8 nitrogen and oxygen atoms in total. The van der Waals surface area contributed by atoms with Gasteiger partial charge in [0.25, 0.3) is 0 Å². The zero-order valence-electron chi connectivity index (χ0n) is 15.7. The lowest BCUT2D eigenvalue weighted by atomic mass is 10.0. The van der Waals surface area contributed by atoms with E-state index in [4.69, 9.17) is 17.3 Å². The summed E-state index contributed by atoms with van der Waals surface area (Å²) in [6.07, 6.45) is 1.61. The summed E-state index contributed by atoms with van der Waals surface area (Å²) >= 11 is 6.00. The van der Waals surface area contributed by atoms with E-state index in [0.29, 0.717) is 16.3 Å². The molecule has 0 saturated carbocycles. The minimum atomic E-state index is -0.538. The maximum Gasteiger partial charge on any atom is 0.221 e. The average Bonchev–Trinajstić information content (AvgIpc) is 3.20. The van der Waals surface area contributed by atoms with Crippen LogP contribution in [0.15, 0.2) is 54.7 Å². The van der Waals surface area contributed by atoms with Gasteiger partial charge in [0.05, 0.1) is 5.56 Å². The molecular weight excluding hydrogens is 409 g/mol. The molecule has 2 aromatic carbocycles. The molecule has 30 heavy (non-hydrogen) atoms. The lowest BCUT2D eigenvalue weighted by molar-refractivity contribution is -0.114. The molecule has 10 heteroatoms. The highest BCUT2D eigenvalue weighted by atomic mass is 35.5. The monoisotopic (exact) mass is 423 g/mol. The second-order valence-electron chi connectivity index (χ2n) is 6.43. The molecule has 0 aliphatic carbocycles. The first-order chi connectivity index (χ1) is 14.4. The van der Waals surface area contributed by atoms with Gasteiger partial charge in [0.1, 0.15) is 17.3 Å². The number of hydrogen-bond donors (Lipinski definition) is 2. The Bertz CT molecular complexity index is 1240. The highest BCUT2D eigenvalue weighted by Gasteiger charge is 2.18. The largest absolute Gasteiger partial charge is 0.383 e. The van der Waals surface area contributed by atoms with Crippen LogP contribution in [0.5, 0.6) is 0 Å². The highest BCUT2D eigenvalue weighted by molar-refractivity contribution is 6.30. The topological polar surface area (TPSA) is 112 Å². The van der Waals surface area contributed by atoms with Gasteiger partial charge in [0, 0.05) is 29.4 Å². The van der Waals surface area contributed by atoms with Crippen LogP contribution in [0, 0.1) is 5.82 Å². The molecule has 0 aliphatic rings. The van der Waals surface area contributed by atoms with Crippen LogP contribution in [-0.4, -0.2) is 31.1 Å². The molecule has 0 spiro atoms. The van der Waals surface area contributed by atoms with Gasteiger partial charge in [-0.25, -0.2) is 9.37 Å². The fourth-order valence-corrected chi connectivity index (χ4v) is 3.09. The number of nitrogens with zero attached hydrogens (tertiary/aromatic N) is 5. The summed E-state index contributed by atoms with van der Waals surface area (Å²) < 4.78 is 15.6. The number of halogens is 2. The summed E-state index contributed by atoms with van der Waals surface area (Å²) in [5.41, 5.74) is 8.85. The van der Waals surface area contributed by atoms with Crippen molar-refractivity contribution in [2.45, 2.75) is 6.92 Å². The van der Waals surface area contributed by atoms with E-state index in [-0.39, 0.29) is 23.2 Å². The number of nitrogens with two attached hydrogens (primary N) is 1. The Kier molecular flexibility index (Phi) is 5.11. The third-order valence-electron chi connectivity index (χ3n) is 4.30. The van der Waals surface area contributed by atoms with Crippen molar-refractivity contribution >= 4 is 29.0 Å². The van der Waals surface area contributed by atoms with E-state index in [1.807, 2.05) is 12.1 Å². The molecule has 0 unspecified atom stereocenters. The lowest BCUT2D eigenvalue weighted by Crippen LogP contribution is -2.05. The minimum Gasteiger partial charge on any atom is -0.383 e. The fourth-order valence-electron chi connectivity index (χ4n) is 2.93. The molecule has 150 valence electrons. The molecule has 2 heterocycles. The Morgan fingerprint density at radius 1 is 1.13 bits per heavy atom. The molecule has 0 bridgehead atoms. The molecule has 4 rings (SSSR count). The third kappa shape index (κ3) is 3.83. The molecule has 4 aromatic rings. The molecule has 0 radical (unpaired) electrons. The first-order valence-corrected chi connectivity index (χ1v) is 9.18. The van der Waals surface area contributed by atoms with E-state index in [2.05, 4.69) is 25.8 Å². The van der Waals surface area contributed by atoms with Gasteiger partial charge in [0.15, 0.2) is 5.82 Å². The molecule has 0 aliphatic heterocycles. The molecule has 3 N–H and O–H groups in total. The van der Waals surface area contributed by atoms with Crippen LogP contribution in [0.2, 0.25) is 5.02 Å². The Balaban J connectivity index is 1.76. The Morgan fingerprint density at radius 3 is 2.63 bits per heavy atom. The van der Waals surface area contributed by atoms with Gasteiger partial charge in [-0.3, -0.25) is 4.79 Å². The van der Waals surface area contributed by atoms with Gasteiger partial charge in [-0.2, -0.15) is 4.68 Å². The van der Waals surface area contributed by atoms with Gasteiger partial charge in [0.2, 0.25) is 5.91 Å². The molecule has 0 fully saturated rings. The zero-order chi connectivity index (χ0) is 21.3. The number of pyridine rings is 1. The summed E-state index contributed by atoms with van der Waals surface area (Å²) in [5, 5.41) is 14.6. The summed E-state index contributed by atoms with van der Waals surface area (Å²) in [6, 6.07) is 13.1. The van der Waals surface area contributed by atoms with Gasteiger partial charge < -0.3 is 11.1 Å². The quantitative estimate of drug-likeness (QED) is 0.517. The number of nitrogen functional groups attached to an aromatic ring is 1. The van der Waals surface area contributed by atoms with Crippen molar-refractivity contribution < 1.29 is 9.18 Å². The van der Waals surface area contributed by atoms with Crippen molar-refractivity contribution in [3.63, 3.8) is 0 Å². The average molecular weight is 424 g/mol. The van der Waals surface area contributed by atoms with Crippen LogP contribution in [0.3, 0.4) is 0 Å². The highest BCUT2D eigenvalue weighted by Crippen LogP contribution is 2.30. The summed E-state index contributed by atoms with van der Waals surface area (Å²) in [4.78, 5) is 15.4. The number of carbonyl (C=O) groups is 1. The Hall–Kier alpha value is -3.85. The fraction of sp³-hybridized carbons (Fsp3) is 0.0500. The van der Waals surface area contributed by atoms with Gasteiger partial charge >= 0.3 is 0 Å². The van der Waals surface area contributed by atoms with Crippen LogP contribution < -0.4 is 11.1 Å². The van der Waals surface area contributed by atoms with Crippen molar-refractivity contribution in [2.24, 2.45) is 0 Å². The van der Waals surface area contributed by atoms with Gasteiger partial charge in [-0.1, -0.05) is 23.7 Å². The van der Waals surface area contributed by atoms with E-state index in [0.717, 1.165) is 11.1 Å². The normalized spacial score (nSPS) is 10.8. The van der Waals surface area contributed by atoms with E-state index >= 15 is 0 Å². The maximum atomic E-state index is 14.3. The first kappa shape index (κ1) is 19.5. The van der Waals surface area contributed by atoms with Crippen molar-refractivity contribution in [1.29, 1.82) is 0 Å². The predicted molar refractivity (Wildman–Crippen MR) is 112 cm³/mol. The molecule has 0 saturated heterocycles. The molecular formula is C20H15ClFN7O. The van der Waals surface area contributed by atoms with Crippen LogP contribution in [0.1, 0.15) is 6.92 Å². The third-order valence-corrected chi connectivity index (χ3v) is 4.54. The number of carbonyl (C=O) groups excluding carboxylic acids is 1. The van der Waals surface area contributed by atoms with E-state index < -0.39 is 5.82 Å². The molecule has 1 amide bonds. The van der Waals surface area contributed by atoms with Crippen molar-refractivity contribution in [3.8, 4) is 28.2 Å². The second-order valence-corrected chi connectivity index (χ2v) is 6.86. The van der Waals surface area contributed by atoms with Gasteiger partial charge in [-0.05, 0) is 52.4 Å². The smallest absolute Gasteiger partial charge is 0.221 e. The number of anilines is 2. The van der Waals surface area contributed by atoms with Crippen molar-refractivity contribution in [1.82, 2.24) is 25.2 Å². The number of nitrogens with one attached hydrogen (secondary N) is 1. The molecule has 0 atom stereocenters. The number of tetrazole rings is 1. The second kappa shape index (κ2) is 7.88. The molecule has 2 aromatic heterocycles. The van der Waals surface area contributed by atoms with E-state index in [1.54, 1.807) is 24.4 Å². The summed E-state index contributed by atoms with van der Waals surface area (Å²) in [5.74, 6) is -0.284. The Labute approximate surface area is 175 Å². The van der Waals surface area contributed by atoms with Crippen molar-refractivity contribution in [3.05, 3.63) is 65.6 Å². The first-order valence-electron chi connectivity index (χ1n) is 8.80. The summed E-state index contributed by atoms with van der Waals surface area (Å²) in [6.45, 7) is 1.44. The SMILES string of the molecule is CC(=O)Nc1ccc(-c2cnc(N)c(-c3nnnn3-c3cc(Cl)ccc3F)c2)cc1.